The van der Waals surface area contributed by atoms with Crippen LogP contribution in [0, 0.1) is 10.1 Å². The summed E-state index contributed by atoms with van der Waals surface area (Å²) in [5, 5.41) is 13.8. The van der Waals surface area contributed by atoms with Gasteiger partial charge in [-0.25, -0.2) is 0 Å². The number of nitro benzene ring substituents is 1. The number of anilines is 1. The second-order valence-corrected chi connectivity index (χ2v) is 3.33. The van der Waals surface area contributed by atoms with Crippen molar-refractivity contribution in [3.05, 3.63) is 28.3 Å². The molecule has 0 fully saturated rings. The maximum absolute atomic E-state index is 10.7. The summed E-state index contributed by atoms with van der Waals surface area (Å²) in [6.07, 6.45) is 0. The highest BCUT2D eigenvalue weighted by molar-refractivity contribution is 5.56. The van der Waals surface area contributed by atoms with E-state index in [0.717, 1.165) is 0 Å². The van der Waals surface area contributed by atoms with Gasteiger partial charge in [0.2, 0.25) is 0 Å². The van der Waals surface area contributed by atoms with Gasteiger partial charge in [-0.2, -0.15) is 0 Å². The topological polar surface area (TPSA) is 73.6 Å². The number of hydrogen-bond donors (Lipinski definition) is 1. The van der Waals surface area contributed by atoms with Crippen LogP contribution in [-0.2, 0) is 4.74 Å². The average Bonchev–Trinajstić information content (AvgIpc) is 2.29. The quantitative estimate of drug-likeness (QED) is 0.448. The molecule has 0 saturated heterocycles. The summed E-state index contributed by atoms with van der Waals surface area (Å²) in [4.78, 5) is 10.3. The van der Waals surface area contributed by atoms with Crippen LogP contribution >= 0.6 is 0 Å². The van der Waals surface area contributed by atoms with Gasteiger partial charge in [-0.3, -0.25) is 10.1 Å². The van der Waals surface area contributed by atoms with Crippen LogP contribution in [0.25, 0.3) is 0 Å². The lowest BCUT2D eigenvalue weighted by atomic mass is 10.2. The number of ether oxygens (including phenoxy) is 2. The smallest absolute Gasteiger partial charge is 0.275 e. The fourth-order valence-corrected chi connectivity index (χ4v) is 1.34. The molecule has 0 radical (unpaired) electrons. The molecule has 1 N–H and O–H groups in total. The SMILES string of the molecule is CCOc1cc(NCCOC)cc([N+](=O)[O-])c1. The van der Waals surface area contributed by atoms with Gasteiger partial charge < -0.3 is 14.8 Å². The zero-order valence-electron chi connectivity index (χ0n) is 9.93. The first-order chi connectivity index (χ1) is 8.17. The van der Waals surface area contributed by atoms with E-state index in [0.29, 0.717) is 31.2 Å². The van der Waals surface area contributed by atoms with Crippen molar-refractivity contribution >= 4 is 11.4 Å². The molecular weight excluding hydrogens is 224 g/mol. The maximum atomic E-state index is 10.7. The Hall–Kier alpha value is -1.82. The molecule has 0 aliphatic rings. The number of rotatable bonds is 7. The fraction of sp³-hybridized carbons (Fsp3) is 0.455. The monoisotopic (exact) mass is 240 g/mol. The Bertz CT molecular complexity index is 382. The van der Waals surface area contributed by atoms with E-state index in [-0.39, 0.29) is 5.69 Å². The third-order valence-corrected chi connectivity index (χ3v) is 2.05. The predicted octanol–water partition coefficient (Wildman–Crippen LogP) is 2.05. The molecular formula is C11H16N2O4. The third kappa shape index (κ3) is 4.28. The Balaban J connectivity index is 2.83. The first kappa shape index (κ1) is 13.2. The van der Waals surface area contributed by atoms with E-state index in [2.05, 4.69) is 5.32 Å². The Morgan fingerprint density at radius 1 is 1.41 bits per heavy atom. The van der Waals surface area contributed by atoms with Gasteiger partial charge in [0.05, 0.1) is 24.2 Å². The highest BCUT2D eigenvalue weighted by Gasteiger charge is 2.10. The van der Waals surface area contributed by atoms with E-state index in [1.165, 1.54) is 12.1 Å². The number of nitro groups is 1. The van der Waals surface area contributed by atoms with Crippen LogP contribution < -0.4 is 10.1 Å². The molecule has 6 heteroatoms. The molecule has 0 heterocycles. The number of methoxy groups -OCH3 is 1. The van der Waals surface area contributed by atoms with Gasteiger partial charge in [0.15, 0.2) is 0 Å². The number of nitrogens with one attached hydrogen (secondary N) is 1. The highest BCUT2D eigenvalue weighted by atomic mass is 16.6. The molecule has 0 aromatic heterocycles. The van der Waals surface area contributed by atoms with Gasteiger partial charge in [0.25, 0.3) is 5.69 Å². The van der Waals surface area contributed by atoms with Gasteiger partial charge in [0, 0.05) is 31.5 Å². The minimum atomic E-state index is -0.440. The normalized spacial score (nSPS) is 10.0. The molecule has 0 aliphatic heterocycles. The molecule has 0 spiro atoms. The minimum Gasteiger partial charge on any atom is -0.494 e. The molecule has 0 atom stereocenters. The van der Waals surface area contributed by atoms with Crippen molar-refractivity contribution < 1.29 is 14.4 Å². The van der Waals surface area contributed by atoms with Crippen LogP contribution in [-0.4, -0.2) is 31.8 Å². The van der Waals surface area contributed by atoms with E-state index >= 15 is 0 Å². The zero-order valence-corrected chi connectivity index (χ0v) is 9.93. The van der Waals surface area contributed by atoms with Crippen molar-refractivity contribution in [3.63, 3.8) is 0 Å². The number of hydrogen-bond acceptors (Lipinski definition) is 5. The van der Waals surface area contributed by atoms with E-state index in [1.54, 1.807) is 13.2 Å². The van der Waals surface area contributed by atoms with Crippen LogP contribution in [0.4, 0.5) is 11.4 Å². The molecule has 17 heavy (non-hydrogen) atoms. The summed E-state index contributed by atoms with van der Waals surface area (Å²) < 4.78 is 10.2. The second-order valence-electron chi connectivity index (χ2n) is 3.33. The highest BCUT2D eigenvalue weighted by Crippen LogP contribution is 2.25. The van der Waals surface area contributed by atoms with Crippen LogP contribution in [0.1, 0.15) is 6.92 Å². The molecule has 6 nitrogen and oxygen atoms in total. The molecule has 0 amide bonds. The summed E-state index contributed by atoms with van der Waals surface area (Å²) in [5.41, 5.74) is 0.663. The summed E-state index contributed by atoms with van der Waals surface area (Å²) in [6, 6.07) is 4.61. The fourth-order valence-electron chi connectivity index (χ4n) is 1.34. The zero-order chi connectivity index (χ0) is 12.7. The molecule has 0 saturated carbocycles. The number of nitrogens with zero attached hydrogens (tertiary/aromatic N) is 1. The van der Waals surface area contributed by atoms with E-state index < -0.39 is 4.92 Å². The van der Waals surface area contributed by atoms with E-state index in [1.807, 2.05) is 6.92 Å². The van der Waals surface area contributed by atoms with Gasteiger partial charge in [-0.15, -0.1) is 0 Å². The van der Waals surface area contributed by atoms with Crippen LogP contribution in [0.15, 0.2) is 18.2 Å². The van der Waals surface area contributed by atoms with Crippen LogP contribution in [0.3, 0.4) is 0 Å². The third-order valence-electron chi connectivity index (χ3n) is 2.05. The van der Waals surface area contributed by atoms with Crippen molar-refractivity contribution in [1.29, 1.82) is 0 Å². The molecule has 94 valence electrons. The Kier molecular flexibility index (Phi) is 5.22. The summed E-state index contributed by atoms with van der Waals surface area (Å²) in [7, 11) is 1.60. The van der Waals surface area contributed by atoms with E-state index in [9.17, 15) is 10.1 Å². The summed E-state index contributed by atoms with van der Waals surface area (Å²) in [5.74, 6) is 0.488. The minimum absolute atomic E-state index is 0.0101. The van der Waals surface area contributed by atoms with Gasteiger partial charge in [-0.05, 0) is 6.92 Å². The molecule has 0 unspecified atom stereocenters. The largest absolute Gasteiger partial charge is 0.494 e. The predicted molar refractivity (Wildman–Crippen MR) is 64.6 cm³/mol. The number of non-ortho nitro benzene ring substituents is 1. The first-order valence-corrected chi connectivity index (χ1v) is 5.32. The lowest BCUT2D eigenvalue weighted by Crippen LogP contribution is -2.08. The van der Waals surface area contributed by atoms with Crippen molar-refractivity contribution in [3.8, 4) is 5.75 Å². The molecule has 1 aromatic rings. The Morgan fingerprint density at radius 2 is 2.18 bits per heavy atom. The lowest BCUT2D eigenvalue weighted by Gasteiger charge is -2.08. The summed E-state index contributed by atoms with van der Waals surface area (Å²) >= 11 is 0. The van der Waals surface area contributed by atoms with Gasteiger partial charge in [0.1, 0.15) is 5.75 Å². The van der Waals surface area contributed by atoms with Crippen molar-refractivity contribution in [2.75, 3.05) is 32.2 Å². The maximum Gasteiger partial charge on any atom is 0.275 e. The van der Waals surface area contributed by atoms with Crippen molar-refractivity contribution in [2.45, 2.75) is 6.92 Å². The first-order valence-electron chi connectivity index (χ1n) is 5.32. The summed E-state index contributed by atoms with van der Waals surface area (Å²) in [6.45, 7) is 3.42. The number of benzene rings is 1. The molecule has 1 aromatic carbocycles. The van der Waals surface area contributed by atoms with Crippen molar-refractivity contribution in [2.24, 2.45) is 0 Å². The Labute approximate surface area is 99.7 Å². The average molecular weight is 240 g/mol. The molecule has 0 aliphatic carbocycles. The second kappa shape index (κ2) is 6.70. The van der Waals surface area contributed by atoms with Gasteiger partial charge in [-0.1, -0.05) is 0 Å². The lowest BCUT2D eigenvalue weighted by molar-refractivity contribution is -0.384. The van der Waals surface area contributed by atoms with Crippen molar-refractivity contribution in [1.82, 2.24) is 0 Å². The molecule has 1 rings (SSSR count). The van der Waals surface area contributed by atoms with Crippen LogP contribution in [0.5, 0.6) is 5.75 Å². The Morgan fingerprint density at radius 3 is 2.76 bits per heavy atom. The van der Waals surface area contributed by atoms with Gasteiger partial charge >= 0.3 is 0 Å². The standard InChI is InChI=1S/C11H16N2O4/c1-3-17-11-7-9(12-4-5-16-2)6-10(8-11)13(14)15/h6-8,12H,3-5H2,1-2H3. The van der Waals surface area contributed by atoms with Crippen LogP contribution in [0.2, 0.25) is 0 Å². The van der Waals surface area contributed by atoms with E-state index in [4.69, 9.17) is 9.47 Å². The molecule has 0 bridgehead atoms.